The molecule has 1 N–H and O–H groups in total. The molecule has 0 fully saturated rings. The first-order valence-electron chi connectivity index (χ1n) is 9.32. The van der Waals surface area contributed by atoms with Crippen molar-refractivity contribution in [3.8, 4) is 0 Å². The number of fused-ring (bicyclic) bond motifs is 2. The summed E-state index contributed by atoms with van der Waals surface area (Å²) in [6, 6.07) is 12.2. The highest BCUT2D eigenvalue weighted by atomic mass is 15.4. The summed E-state index contributed by atoms with van der Waals surface area (Å²) < 4.78 is 4.10. The minimum Gasteiger partial charge on any atom is -0.369 e. The minimum atomic E-state index is -0.106. The van der Waals surface area contributed by atoms with E-state index in [1.54, 1.807) is 0 Å². The number of aromatic nitrogens is 6. The Labute approximate surface area is 158 Å². The molecule has 0 bridgehead atoms. The Hall–Kier alpha value is -2.96. The van der Waals surface area contributed by atoms with Crippen LogP contribution in [0.25, 0.3) is 16.7 Å². The fraction of sp³-hybridized carbons (Fsp3) is 0.400. The van der Waals surface area contributed by atoms with Crippen molar-refractivity contribution in [2.24, 2.45) is 0 Å². The minimum absolute atomic E-state index is 0.106. The topological polar surface area (TPSA) is 72.9 Å². The van der Waals surface area contributed by atoms with E-state index in [1.807, 2.05) is 22.7 Å². The van der Waals surface area contributed by atoms with Crippen LogP contribution in [-0.2, 0) is 12.0 Å². The van der Waals surface area contributed by atoms with Crippen LogP contribution in [0.1, 0.15) is 38.8 Å². The lowest BCUT2D eigenvalue weighted by Gasteiger charge is -2.15. The average molecular weight is 363 g/mol. The summed E-state index contributed by atoms with van der Waals surface area (Å²) in [6.45, 7) is 10.1. The monoisotopic (exact) mass is 363 g/mol. The predicted octanol–water partition coefficient (Wildman–Crippen LogP) is 3.58. The molecule has 7 nitrogen and oxygen atoms in total. The number of para-hydroxylation sites is 2. The second kappa shape index (κ2) is 6.64. The van der Waals surface area contributed by atoms with Gasteiger partial charge in [0.05, 0.1) is 11.0 Å². The van der Waals surface area contributed by atoms with Gasteiger partial charge in [-0.3, -0.25) is 0 Å². The van der Waals surface area contributed by atoms with Gasteiger partial charge in [-0.1, -0.05) is 32.9 Å². The molecule has 3 aromatic heterocycles. The molecule has 4 rings (SSSR count). The van der Waals surface area contributed by atoms with E-state index in [-0.39, 0.29) is 5.41 Å². The van der Waals surface area contributed by atoms with E-state index in [0.29, 0.717) is 0 Å². The smallest absolute Gasteiger partial charge is 0.178 e. The van der Waals surface area contributed by atoms with Crippen LogP contribution in [0.2, 0.25) is 0 Å². The van der Waals surface area contributed by atoms with E-state index >= 15 is 0 Å². The largest absolute Gasteiger partial charge is 0.369 e. The molecule has 0 atom stereocenters. The zero-order valence-electron chi connectivity index (χ0n) is 16.3. The van der Waals surface area contributed by atoms with Crippen molar-refractivity contribution in [1.29, 1.82) is 0 Å². The molecule has 0 aliphatic carbocycles. The number of imidazole rings is 1. The third-order valence-corrected chi connectivity index (χ3v) is 4.64. The fourth-order valence-electron chi connectivity index (χ4n) is 3.28. The van der Waals surface area contributed by atoms with Crippen LogP contribution >= 0.6 is 0 Å². The maximum atomic E-state index is 4.67. The Morgan fingerprint density at radius 3 is 2.67 bits per heavy atom. The lowest BCUT2D eigenvalue weighted by Crippen LogP contribution is -2.18. The molecule has 0 saturated heterocycles. The molecule has 0 aliphatic rings. The molecule has 3 heterocycles. The molecule has 0 unspecified atom stereocenters. The van der Waals surface area contributed by atoms with Gasteiger partial charge in [-0.15, -0.1) is 15.3 Å². The van der Waals surface area contributed by atoms with Gasteiger partial charge in [0.15, 0.2) is 11.5 Å². The van der Waals surface area contributed by atoms with Crippen LogP contribution in [0, 0.1) is 6.92 Å². The highest BCUT2D eigenvalue weighted by Gasteiger charge is 2.21. The first kappa shape index (κ1) is 17.5. The van der Waals surface area contributed by atoms with E-state index in [1.165, 1.54) is 5.52 Å². The van der Waals surface area contributed by atoms with E-state index < -0.39 is 0 Å². The van der Waals surface area contributed by atoms with Crippen molar-refractivity contribution in [3.05, 3.63) is 48.0 Å². The van der Waals surface area contributed by atoms with Crippen LogP contribution in [0.3, 0.4) is 0 Å². The van der Waals surface area contributed by atoms with Crippen LogP contribution in [-0.4, -0.2) is 35.9 Å². The number of hydrogen-bond donors (Lipinski definition) is 1. The number of benzene rings is 1. The summed E-state index contributed by atoms with van der Waals surface area (Å²) in [5, 5.41) is 16.6. The molecular formula is C20H25N7. The number of aryl methyl sites for hydroxylation is 2. The third kappa shape index (κ3) is 3.37. The molecule has 0 amide bonds. The summed E-state index contributed by atoms with van der Waals surface area (Å²) >= 11 is 0. The Morgan fingerprint density at radius 2 is 1.85 bits per heavy atom. The molecule has 0 radical (unpaired) electrons. The zero-order valence-corrected chi connectivity index (χ0v) is 16.3. The Morgan fingerprint density at radius 1 is 1.04 bits per heavy atom. The lowest BCUT2D eigenvalue weighted by atomic mass is 9.96. The molecule has 0 saturated carbocycles. The molecule has 0 spiro atoms. The lowest BCUT2D eigenvalue weighted by molar-refractivity contribution is 0.527. The summed E-state index contributed by atoms with van der Waals surface area (Å²) in [5.74, 6) is 2.75. The van der Waals surface area contributed by atoms with Crippen molar-refractivity contribution in [2.75, 3.05) is 11.9 Å². The molecule has 27 heavy (non-hydrogen) atoms. The number of nitrogens with zero attached hydrogens (tertiary/aromatic N) is 6. The van der Waals surface area contributed by atoms with E-state index in [4.69, 9.17) is 0 Å². The second-order valence-electron chi connectivity index (χ2n) is 7.84. The summed E-state index contributed by atoms with van der Waals surface area (Å²) in [7, 11) is 0. The van der Waals surface area contributed by atoms with Crippen molar-refractivity contribution < 1.29 is 0 Å². The Balaban J connectivity index is 1.44. The van der Waals surface area contributed by atoms with Gasteiger partial charge >= 0.3 is 0 Å². The molecule has 0 aliphatic heterocycles. The Kier molecular flexibility index (Phi) is 4.30. The summed E-state index contributed by atoms with van der Waals surface area (Å²) in [5.41, 5.74) is 2.91. The average Bonchev–Trinajstić information content (AvgIpc) is 3.19. The van der Waals surface area contributed by atoms with Crippen molar-refractivity contribution in [1.82, 2.24) is 29.4 Å². The SMILES string of the molecule is Cc1nc2ccccc2n1CCCNc1ccc2nnc(C(C)(C)C)n2n1. The normalized spacial score (nSPS) is 12.1. The van der Waals surface area contributed by atoms with Gasteiger partial charge in [-0.2, -0.15) is 4.52 Å². The second-order valence-corrected chi connectivity index (χ2v) is 7.84. The third-order valence-electron chi connectivity index (χ3n) is 4.64. The van der Waals surface area contributed by atoms with E-state index in [0.717, 1.165) is 48.1 Å². The van der Waals surface area contributed by atoms with Gasteiger partial charge in [0.25, 0.3) is 0 Å². The fourth-order valence-corrected chi connectivity index (χ4v) is 3.28. The molecule has 1 aromatic carbocycles. The maximum Gasteiger partial charge on any atom is 0.178 e. The zero-order chi connectivity index (χ0) is 19.0. The van der Waals surface area contributed by atoms with Crippen LogP contribution < -0.4 is 5.32 Å². The summed E-state index contributed by atoms with van der Waals surface area (Å²) in [4.78, 5) is 4.62. The van der Waals surface area contributed by atoms with Crippen LogP contribution in [0.15, 0.2) is 36.4 Å². The predicted molar refractivity (Wildman–Crippen MR) is 107 cm³/mol. The van der Waals surface area contributed by atoms with E-state index in [9.17, 15) is 0 Å². The van der Waals surface area contributed by atoms with E-state index in [2.05, 4.69) is 76.1 Å². The number of hydrogen-bond acceptors (Lipinski definition) is 5. The van der Waals surface area contributed by atoms with Gasteiger partial charge < -0.3 is 9.88 Å². The van der Waals surface area contributed by atoms with Gasteiger partial charge in [-0.05, 0) is 37.6 Å². The molecular weight excluding hydrogens is 338 g/mol. The molecule has 4 aromatic rings. The quantitative estimate of drug-likeness (QED) is 0.549. The standard InChI is InChI=1S/C20H25N7/c1-14-22-15-8-5-6-9-16(15)26(14)13-7-12-21-17-10-11-18-23-24-19(20(2,3)4)27(18)25-17/h5-6,8-11H,7,12-13H2,1-4H3,(H,21,25). The van der Waals surface area contributed by atoms with Gasteiger partial charge in [0.2, 0.25) is 0 Å². The number of anilines is 1. The number of rotatable bonds is 5. The summed E-state index contributed by atoms with van der Waals surface area (Å²) in [6.07, 6.45) is 0.981. The van der Waals surface area contributed by atoms with Crippen LogP contribution in [0.4, 0.5) is 5.82 Å². The molecule has 140 valence electrons. The van der Waals surface area contributed by atoms with Crippen LogP contribution in [0.5, 0.6) is 0 Å². The van der Waals surface area contributed by atoms with Gasteiger partial charge in [-0.25, -0.2) is 4.98 Å². The highest BCUT2D eigenvalue weighted by Crippen LogP contribution is 2.21. The number of nitrogens with one attached hydrogen (secondary N) is 1. The Bertz CT molecular complexity index is 1080. The van der Waals surface area contributed by atoms with Gasteiger partial charge in [0.1, 0.15) is 11.6 Å². The van der Waals surface area contributed by atoms with Crippen molar-refractivity contribution >= 4 is 22.5 Å². The molecule has 7 heteroatoms. The van der Waals surface area contributed by atoms with Gasteiger partial charge in [0, 0.05) is 18.5 Å². The maximum absolute atomic E-state index is 4.67. The van der Waals surface area contributed by atoms with Crippen molar-refractivity contribution in [3.63, 3.8) is 0 Å². The highest BCUT2D eigenvalue weighted by molar-refractivity contribution is 5.75. The first-order valence-corrected chi connectivity index (χ1v) is 9.32. The first-order chi connectivity index (χ1) is 12.9. The van der Waals surface area contributed by atoms with Crippen molar-refractivity contribution in [2.45, 2.75) is 46.1 Å².